The molecule has 0 radical (unpaired) electrons. The molecular formula is C24H31N5O. The van der Waals surface area contributed by atoms with E-state index < -0.39 is 6.35 Å². The van der Waals surface area contributed by atoms with Gasteiger partial charge in [-0.2, -0.15) is 0 Å². The van der Waals surface area contributed by atoms with E-state index in [1.54, 1.807) is 0 Å². The Bertz CT molecular complexity index is 1040. The smallest absolute Gasteiger partial charge is 0.184 e. The van der Waals surface area contributed by atoms with Crippen molar-refractivity contribution in [2.24, 2.45) is 7.05 Å². The van der Waals surface area contributed by atoms with E-state index in [-0.39, 0.29) is 11.1 Å². The zero-order valence-corrected chi connectivity index (χ0v) is 18.0. The zero-order valence-electron chi connectivity index (χ0n) is 18.0. The first-order valence-corrected chi connectivity index (χ1v) is 10.8. The Labute approximate surface area is 178 Å². The molecule has 0 bridgehead atoms. The van der Waals surface area contributed by atoms with E-state index in [1.165, 1.54) is 5.56 Å². The van der Waals surface area contributed by atoms with Crippen molar-refractivity contribution in [3.05, 3.63) is 60.4 Å². The van der Waals surface area contributed by atoms with Gasteiger partial charge in [0.05, 0.1) is 11.9 Å². The van der Waals surface area contributed by atoms with Crippen molar-refractivity contribution in [3.63, 3.8) is 0 Å². The highest BCUT2D eigenvalue weighted by atomic mass is 16.3. The average molecular weight is 406 g/mol. The molecule has 6 nitrogen and oxygen atoms in total. The van der Waals surface area contributed by atoms with Crippen molar-refractivity contribution in [2.75, 3.05) is 25.5 Å². The fourth-order valence-corrected chi connectivity index (χ4v) is 5.53. The Morgan fingerprint density at radius 1 is 1.10 bits per heavy atom. The lowest BCUT2D eigenvalue weighted by atomic mass is 9.69. The first kappa shape index (κ1) is 19.5. The number of aryl methyl sites for hydroxylation is 1. The fraction of sp³-hybridized carbons (Fsp3) is 0.458. The van der Waals surface area contributed by atoms with Gasteiger partial charge >= 0.3 is 0 Å². The van der Waals surface area contributed by atoms with Crippen LogP contribution in [0.2, 0.25) is 0 Å². The van der Waals surface area contributed by atoms with E-state index in [0.717, 1.165) is 48.9 Å². The normalized spacial score (nSPS) is 29.4. The summed E-state index contributed by atoms with van der Waals surface area (Å²) in [7, 11) is 6.38. The van der Waals surface area contributed by atoms with Gasteiger partial charge in [-0.05, 0) is 57.5 Å². The van der Waals surface area contributed by atoms with E-state index in [1.807, 2.05) is 24.0 Å². The molecule has 1 atom stereocenters. The lowest BCUT2D eigenvalue weighted by molar-refractivity contribution is 0.0513. The van der Waals surface area contributed by atoms with Gasteiger partial charge < -0.3 is 14.6 Å². The minimum absolute atomic E-state index is 0.0526. The molecule has 3 aromatic rings. The van der Waals surface area contributed by atoms with Crippen LogP contribution in [0.5, 0.6) is 0 Å². The molecule has 3 heterocycles. The van der Waals surface area contributed by atoms with Crippen LogP contribution in [-0.2, 0) is 12.6 Å². The van der Waals surface area contributed by atoms with Crippen LogP contribution in [0.25, 0.3) is 11.0 Å². The third-order valence-corrected chi connectivity index (χ3v) is 7.43. The van der Waals surface area contributed by atoms with Crippen molar-refractivity contribution < 1.29 is 5.11 Å². The van der Waals surface area contributed by atoms with Gasteiger partial charge in [-0.1, -0.05) is 30.3 Å². The summed E-state index contributed by atoms with van der Waals surface area (Å²) in [6.07, 6.45) is 7.39. The van der Waals surface area contributed by atoms with E-state index in [0.29, 0.717) is 0 Å². The molecule has 1 aromatic carbocycles. The number of hydrogen-bond acceptors (Lipinski definition) is 5. The predicted molar refractivity (Wildman–Crippen MR) is 120 cm³/mol. The van der Waals surface area contributed by atoms with E-state index in [4.69, 9.17) is 0 Å². The number of aliphatic hydroxyl groups is 1. The molecule has 5 rings (SSSR count). The van der Waals surface area contributed by atoms with Crippen LogP contribution in [0.1, 0.15) is 31.2 Å². The Balaban J connectivity index is 1.38. The number of aliphatic hydroxyl groups excluding tert-OH is 1. The summed E-state index contributed by atoms with van der Waals surface area (Å²) in [6.45, 7) is 0.798. The van der Waals surface area contributed by atoms with Gasteiger partial charge in [-0.3, -0.25) is 10.2 Å². The second-order valence-corrected chi connectivity index (χ2v) is 9.25. The summed E-state index contributed by atoms with van der Waals surface area (Å²) in [5, 5.41) is 15.5. The van der Waals surface area contributed by atoms with E-state index in [2.05, 4.69) is 76.7 Å². The number of nitrogens with one attached hydrogen (secondary N) is 1. The standard InChI is InChI=1S/C24H31N5O/c1-27(2)24(19-7-5-4-6-8-19)12-10-23(11-13-24)17-29(22(30)26-23)20-15-18-9-14-28(3)21(18)25-16-20/h4-9,14-16,22,26,30H,10-13,17H2,1-3H3. The molecule has 2 aromatic heterocycles. The van der Waals surface area contributed by atoms with Gasteiger partial charge in [0.1, 0.15) is 5.65 Å². The van der Waals surface area contributed by atoms with E-state index in [9.17, 15) is 5.11 Å². The second-order valence-electron chi connectivity index (χ2n) is 9.25. The Morgan fingerprint density at radius 3 is 2.53 bits per heavy atom. The summed E-state index contributed by atoms with van der Waals surface area (Å²) in [5.41, 5.74) is 3.31. The molecule has 1 saturated heterocycles. The first-order valence-electron chi connectivity index (χ1n) is 10.8. The number of anilines is 1. The molecule has 30 heavy (non-hydrogen) atoms. The SMILES string of the molecule is CN(C)C1(c2ccccc2)CCC2(CC1)CN(c1cnc3c(ccn3C)c1)C(O)N2. The second kappa shape index (κ2) is 7.08. The van der Waals surface area contributed by atoms with Crippen molar-refractivity contribution in [3.8, 4) is 0 Å². The minimum Gasteiger partial charge on any atom is -0.361 e. The maximum Gasteiger partial charge on any atom is 0.184 e. The lowest BCUT2D eigenvalue weighted by Gasteiger charge is -2.49. The maximum atomic E-state index is 10.9. The van der Waals surface area contributed by atoms with Gasteiger partial charge in [-0.15, -0.1) is 0 Å². The van der Waals surface area contributed by atoms with Crippen LogP contribution < -0.4 is 10.2 Å². The van der Waals surface area contributed by atoms with Crippen LogP contribution in [-0.4, -0.2) is 52.1 Å². The topological polar surface area (TPSA) is 56.6 Å². The largest absolute Gasteiger partial charge is 0.361 e. The maximum absolute atomic E-state index is 10.9. The van der Waals surface area contributed by atoms with Crippen LogP contribution in [0.3, 0.4) is 0 Å². The van der Waals surface area contributed by atoms with Crippen LogP contribution in [0.15, 0.2) is 54.9 Å². The molecule has 1 unspecified atom stereocenters. The number of aromatic nitrogens is 2. The molecule has 1 aliphatic heterocycles. The molecule has 2 fully saturated rings. The Morgan fingerprint density at radius 2 is 1.83 bits per heavy atom. The third-order valence-electron chi connectivity index (χ3n) is 7.43. The number of fused-ring (bicyclic) bond motifs is 1. The monoisotopic (exact) mass is 405 g/mol. The van der Waals surface area contributed by atoms with Gasteiger partial charge in [0.15, 0.2) is 6.35 Å². The summed E-state index contributed by atoms with van der Waals surface area (Å²) >= 11 is 0. The van der Waals surface area contributed by atoms with Gasteiger partial charge in [0, 0.05) is 36.3 Å². The zero-order chi connectivity index (χ0) is 20.9. The molecule has 6 heteroatoms. The third kappa shape index (κ3) is 3.02. The van der Waals surface area contributed by atoms with Crippen LogP contribution in [0, 0.1) is 0 Å². The number of pyridine rings is 1. The highest BCUT2D eigenvalue weighted by Crippen LogP contribution is 2.46. The molecular weight excluding hydrogens is 374 g/mol. The number of benzene rings is 1. The quantitative estimate of drug-likeness (QED) is 0.702. The van der Waals surface area contributed by atoms with Crippen molar-refractivity contribution in [1.29, 1.82) is 0 Å². The molecule has 1 spiro atoms. The summed E-state index contributed by atoms with van der Waals surface area (Å²) in [5.74, 6) is 0. The number of hydrogen-bond donors (Lipinski definition) is 2. The molecule has 1 saturated carbocycles. The molecule has 2 N–H and O–H groups in total. The minimum atomic E-state index is -0.684. The molecule has 0 amide bonds. The Hall–Kier alpha value is -2.41. The average Bonchev–Trinajstić information content (AvgIpc) is 3.29. The fourth-order valence-electron chi connectivity index (χ4n) is 5.53. The number of nitrogens with zero attached hydrogens (tertiary/aromatic N) is 4. The predicted octanol–water partition coefficient (Wildman–Crippen LogP) is 3.03. The molecule has 1 aliphatic carbocycles. The first-order chi connectivity index (χ1) is 14.4. The van der Waals surface area contributed by atoms with Crippen molar-refractivity contribution >= 4 is 16.7 Å². The van der Waals surface area contributed by atoms with Gasteiger partial charge in [-0.25, -0.2) is 4.98 Å². The van der Waals surface area contributed by atoms with Crippen molar-refractivity contribution in [2.45, 2.75) is 43.1 Å². The van der Waals surface area contributed by atoms with Crippen LogP contribution >= 0.6 is 0 Å². The van der Waals surface area contributed by atoms with Gasteiger partial charge in [0.25, 0.3) is 0 Å². The lowest BCUT2D eigenvalue weighted by Crippen LogP contribution is -2.54. The van der Waals surface area contributed by atoms with E-state index >= 15 is 0 Å². The molecule has 158 valence electrons. The summed E-state index contributed by atoms with van der Waals surface area (Å²) in [6, 6.07) is 15.1. The summed E-state index contributed by atoms with van der Waals surface area (Å²) in [4.78, 5) is 9.06. The highest BCUT2D eigenvalue weighted by molar-refractivity contribution is 5.80. The van der Waals surface area contributed by atoms with Crippen molar-refractivity contribution in [1.82, 2.24) is 19.8 Å². The summed E-state index contributed by atoms with van der Waals surface area (Å²) < 4.78 is 2.02. The molecule has 2 aliphatic rings. The van der Waals surface area contributed by atoms with Crippen LogP contribution in [0.4, 0.5) is 5.69 Å². The highest BCUT2D eigenvalue weighted by Gasteiger charge is 2.50. The number of rotatable bonds is 3. The van der Waals surface area contributed by atoms with Gasteiger partial charge in [0.2, 0.25) is 0 Å². The Kier molecular flexibility index (Phi) is 4.61.